The fourth-order valence-corrected chi connectivity index (χ4v) is 2.19. The lowest BCUT2D eigenvalue weighted by atomic mass is 10.1. The van der Waals surface area contributed by atoms with Crippen LogP contribution in [0.25, 0.3) is 0 Å². The average Bonchev–Trinajstić information content (AvgIpc) is 2.53. The molecule has 0 spiro atoms. The minimum Gasteiger partial charge on any atom is -0.327 e. The van der Waals surface area contributed by atoms with Crippen LogP contribution in [-0.2, 0) is 19.9 Å². The molecule has 17 heavy (non-hydrogen) atoms. The van der Waals surface area contributed by atoms with Crippen LogP contribution in [0, 0.1) is 0 Å². The van der Waals surface area contributed by atoms with Gasteiger partial charge in [0.2, 0.25) is 0 Å². The van der Waals surface area contributed by atoms with Crippen molar-refractivity contribution in [3.05, 3.63) is 16.4 Å². The van der Waals surface area contributed by atoms with Gasteiger partial charge in [0.1, 0.15) is 0 Å². The summed E-state index contributed by atoms with van der Waals surface area (Å²) in [5.74, 6) is 0. The molecule has 2 N–H and O–H groups in total. The van der Waals surface area contributed by atoms with Gasteiger partial charge in [0.05, 0.1) is 16.4 Å². The maximum absolute atomic E-state index is 6.29. The molecule has 0 fully saturated rings. The third-order valence-electron chi connectivity index (χ3n) is 2.91. The SMILES string of the molecule is CCc1nn(C)c(CC(N)CCN(C)C)c1Cl. The summed E-state index contributed by atoms with van der Waals surface area (Å²) < 4.78 is 1.86. The van der Waals surface area contributed by atoms with E-state index in [9.17, 15) is 0 Å². The molecule has 0 amide bonds. The highest BCUT2D eigenvalue weighted by atomic mass is 35.5. The second-order valence-electron chi connectivity index (χ2n) is 4.74. The molecule has 4 nitrogen and oxygen atoms in total. The Morgan fingerprint density at radius 2 is 2.12 bits per heavy atom. The summed E-state index contributed by atoms with van der Waals surface area (Å²) in [6.07, 6.45) is 2.62. The molecule has 0 saturated heterocycles. The molecule has 5 heteroatoms. The molecule has 1 rings (SSSR count). The fraction of sp³-hybridized carbons (Fsp3) is 0.750. The number of rotatable bonds is 6. The minimum absolute atomic E-state index is 0.134. The zero-order valence-corrected chi connectivity index (χ0v) is 12.0. The summed E-state index contributed by atoms with van der Waals surface area (Å²) in [4.78, 5) is 2.14. The van der Waals surface area contributed by atoms with Crippen LogP contribution < -0.4 is 5.73 Å². The van der Waals surface area contributed by atoms with Crippen LogP contribution in [0.2, 0.25) is 5.02 Å². The van der Waals surface area contributed by atoms with Gasteiger partial charge in [-0.15, -0.1) is 0 Å². The predicted octanol–water partition coefficient (Wildman–Crippen LogP) is 1.46. The van der Waals surface area contributed by atoms with Gasteiger partial charge >= 0.3 is 0 Å². The van der Waals surface area contributed by atoms with Crippen LogP contribution in [0.15, 0.2) is 0 Å². The molecule has 0 radical (unpaired) electrons. The van der Waals surface area contributed by atoms with Crippen molar-refractivity contribution in [2.75, 3.05) is 20.6 Å². The number of hydrogen-bond donors (Lipinski definition) is 1. The summed E-state index contributed by atoms with van der Waals surface area (Å²) in [5, 5.41) is 5.18. The van der Waals surface area contributed by atoms with Crippen LogP contribution in [-0.4, -0.2) is 41.4 Å². The largest absolute Gasteiger partial charge is 0.327 e. The van der Waals surface area contributed by atoms with Crippen molar-refractivity contribution < 1.29 is 0 Å². The molecule has 1 aromatic rings. The molecule has 1 heterocycles. The molecule has 0 aliphatic heterocycles. The van der Waals surface area contributed by atoms with Crippen LogP contribution >= 0.6 is 11.6 Å². The topological polar surface area (TPSA) is 47.1 Å². The molecule has 0 bridgehead atoms. The molecule has 0 aliphatic carbocycles. The Kier molecular flexibility index (Phi) is 5.43. The summed E-state index contributed by atoms with van der Waals surface area (Å²) in [6, 6.07) is 0.134. The first-order chi connectivity index (χ1) is 7.95. The van der Waals surface area contributed by atoms with E-state index in [2.05, 4.69) is 31.0 Å². The molecule has 0 aromatic carbocycles. The summed E-state index contributed by atoms with van der Waals surface area (Å²) in [7, 11) is 6.04. The summed E-state index contributed by atoms with van der Waals surface area (Å²) >= 11 is 6.29. The van der Waals surface area contributed by atoms with Crippen LogP contribution in [0.4, 0.5) is 0 Å². The van der Waals surface area contributed by atoms with E-state index >= 15 is 0 Å². The highest BCUT2D eigenvalue weighted by molar-refractivity contribution is 6.31. The van der Waals surface area contributed by atoms with E-state index in [1.165, 1.54) is 0 Å². The smallest absolute Gasteiger partial charge is 0.0850 e. The quantitative estimate of drug-likeness (QED) is 0.840. The molecule has 1 aromatic heterocycles. The minimum atomic E-state index is 0.134. The van der Waals surface area contributed by atoms with Gasteiger partial charge in [-0.2, -0.15) is 5.10 Å². The van der Waals surface area contributed by atoms with Crippen molar-refractivity contribution in [3.63, 3.8) is 0 Å². The second-order valence-corrected chi connectivity index (χ2v) is 5.12. The van der Waals surface area contributed by atoms with E-state index in [0.717, 1.165) is 42.2 Å². The van der Waals surface area contributed by atoms with Gasteiger partial charge in [-0.3, -0.25) is 4.68 Å². The fourth-order valence-electron chi connectivity index (χ4n) is 1.82. The zero-order valence-electron chi connectivity index (χ0n) is 11.2. The Hall–Kier alpha value is -0.580. The van der Waals surface area contributed by atoms with E-state index in [-0.39, 0.29) is 6.04 Å². The zero-order chi connectivity index (χ0) is 13.0. The number of nitrogens with zero attached hydrogens (tertiary/aromatic N) is 3. The Balaban J connectivity index is 2.64. The Morgan fingerprint density at radius 1 is 1.47 bits per heavy atom. The van der Waals surface area contributed by atoms with Crippen LogP contribution in [0.1, 0.15) is 24.7 Å². The van der Waals surface area contributed by atoms with Gasteiger partial charge in [0.25, 0.3) is 0 Å². The molecule has 1 unspecified atom stereocenters. The maximum Gasteiger partial charge on any atom is 0.0850 e. The Labute approximate surface area is 109 Å². The molecular weight excluding hydrogens is 236 g/mol. The van der Waals surface area contributed by atoms with Crippen molar-refractivity contribution in [1.29, 1.82) is 0 Å². The molecule has 98 valence electrons. The normalized spacial score (nSPS) is 13.4. The summed E-state index contributed by atoms with van der Waals surface area (Å²) in [5.41, 5.74) is 8.13. The Morgan fingerprint density at radius 3 is 2.59 bits per heavy atom. The third-order valence-corrected chi connectivity index (χ3v) is 3.34. The lowest BCUT2D eigenvalue weighted by Gasteiger charge is -2.15. The van der Waals surface area contributed by atoms with Crippen LogP contribution in [0.3, 0.4) is 0 Å². The number of nitrogens with two attached hydrogens (primary N) is 1. The van der Waals surface area contributed by atoms with Gasteiger partial charge in [-0.05, 0) is 33.5 Å². The van der Waals surface area contributed by atoms with Crippen LogP contribution in [0.5, 0.6) is 0 Å². The van der Waals surface area contributed by atoms with Crippen molar-refractivity contribution in [2.24, 2.45) is 12.8 Å². The summed E-state index contributed by atoms with van der Waals surface area (Å²) in [6.45, 7) is 3.06. The standard InChI is InChI=1S/C12H23ClN4/c1-5-10-12(13)11(17(4)15-10)8-9(14)6-7-16(2)3/h9H,5-8,14H2,1-4H3. The van der Waals surface area contributed by atoms with Gasteiger partial charge in [-0.25, -0.2) is 0 Å². The maximum atomic E-state index is 6.29. The van der Waals surface area contributed by atoms with E-state index in [1.54, 1.807) is 0 Å². The number of aromatic nitrogens is 2. The van der Waals surface area contributed by atoms with Gasteiger partial charge < -0.3 is 10.6 Å². The first-order valence-electron chi connectivity index (χ1n) is 6.06. The van der Waals surface area contributed by atoms with Gasteiger partial charge in [0.15, 0.2) is 0 Å². The van der Waals surface area contributed by atoms with Crippen molar-refractivity contribution in [2.45, 2.75) is 32.2 Å². The predicted molar refractivity (Wildman–Crippen MR) is 72.4 cm³/mol. The molecule has 1 atom stereocenters. The number of aryl methyl sites for hydroxylation is 2. The highest BCUT2D eigenvalue weighted by Crippen LogP contribution is 2.22. The molecule has 0 saturated carbocycles. The van der Waals surface area contributed by atoms with Crippen molar-refractivity contribution >= 4 is 11.6 Å². The lowest BCUT2D eigenvalue weighted by Crippen LogP contribution is -2.29. The first-order valence-corrected chi connectivity index (χ1v) is 6.44. The first kappa shape index (κ1) is 14.5. The third kappa shape index (κ3) is 3.98. The van der Waals surface area contributed by atoms with Crippen molar-refractivity contribution in [1.82, 2.24) is 14.7 Å². The molecular formula is C12H23ClN4. The van der Waals surface area contributed by atoms with E-state index in [0.29, 0.717) is 0 Å². The monoisotopic (exact) mass is 258 g/mol. The van der Waals surface area contributed by atoms with Gasteiger partial charge in [0, 0.05) is 19.5 Å². The van der Waals surface area contributed by atoms with Gasteiger partial charge in [-0.1, -0.05) is 18.5 Å². The Bertz CT molecular complexity index is 360. The van der Waals surface area contributed by atoms with E-state index in [4.69, 9.17) is 17.3 Å². The highest BCUT2D eigenvalue weighted by Gasteiger charge is 2.15. The van der Waals surface area contributed by atoms with E-state index < -0.39 is 0 Å². The lowest BCUT2D eigenvalue weighted by molar-refractivity contribution is 0.378. The second kappa shape index (κ2) is 6.38. The number of hydrogen-bond acceptors (Lipinski definition) is 3. The van der Waals surface area contributed by atoms with E-state index in [1.807, 2.05) is 11.7 Å². The average molecular weight is 259 g/mol. The van der Waals surface area contributed by atoms with Crippen molar-refractivity contribution in [3.8, 4) is 0 Å². The molecule has 0 aliphatic rings. The number of halogens is 1.